The molecule has 1 N–H and O–H groups in total. The first kappa shape index (κ1) is 14.2. The van der Waals surface area contributed by atoms with Crippen LogP contribution in [0, 0.1) is 5.92 Å². The Bertz CT molecular complexity index is 541. The minimum Gasteiger partial charge on any atom is -0.382 e. The second-order valence-electron chi connectivity index (χ2n) is 6.19. The fraction of sp³-hybridized carbons (Fsp3) is 0.500. The van der Waals surface area contributed by atoms with Crippen LogP contribution in [0.15, 0.2) is 42.7 Å². The zero-order chi connectivity index (χ0) is 14.5. The van der Waals surface area contributed by atoms with E-state index in [-0.39, 0.29) is 0 Å². The van der Waals surface area contributed by atoms with Gasteiger partial charge in [-0.3, -0.25) is 4.68 Å². The largest absolute Gasteiger partial charge is 0.382 e. The number of rotatable bonds is 5. The third-order valence-corrected chi connectivity index (χ3v) is 4.65. The van der Waals surface area contributed by atoms with Crippen molar-refractivity contribution in [2.75, 3.05) is 5.32 Å². The molecule has 0 radical (unpaired) electrons. The van der Waals surface area contributed by atoms with Gasteiger partial charge in [-0.1, -0.05) is 37.5 Å². The quantitative estimate of drug-likeness (QED) is 0.886. The molecule has 0 spiro atoms. The van der Waals surface area contributed by atoms with Crippen molar-refractivity contribution in [1.82, 2.24) is 9.78 Å². The second-order valence-corrected chi connectivity index (χ2v) is 6.19. The van der Waals surface area contributed by atoms with E-state index in [9.17, 15) is 0 Å². The van der Waals surface area contributed by atoms with E-state index in [1.165, 1.54) is 43.4 Å². The molecule has 1 unspecified atom stereocenters. The van der Waals surface area contributed by atoms with Crippen LogP contribution >= 0.6 is 0 Å². The lowest BCUT2D eigenvalue weighted by molar-refractivity contribution is 0.328. The van der Waals surface area contributed by atoms with Crippen molar-refractivity contribution in [2.45, 2.75) is 51.6 Å². The van der Waals surface area contributed by atoms with Crippen molar-refractivity contribution < 1.29 is 0 Å². The fourth-order valence-corrected chi connectivity index (χ4v) is 3.36. The molecule has 3 nitrogen and oxygen atoms in total. The Morgan fingerprint density at radius 2 is 2.00 bits per heavy atom. The maximum absolute atomic E-state index is 4.31. The van der Waals surface area contributed by atoms with Crippen molar-refractivity contribution in [3.63, 3.8) is 0 Å². The molecule has 112 valence electrons. The van der Waals surface area contributed by atoms with E-state index in [0.29, 0.717) is 6.04 Å². The molecule has 3 heteroatoms. The van der Waals surface area contributed by atoms with Crippen molar-refractivity contribution in [3.05, 3.63) is 48.3 Å². The molecular formula is C18H25N3. The summed E-state index contributed by atoms with van der Waals surface area (Å²) < 4.78 is 1.98. The highest BCUT2D eigenvalue weighted by molar-refractivity contribution is 5.51. The maximum Gasteiger partial charge on any atom is 0.0679 e. The summed E-state index contributed by atoms with van der Waals surface area (Å²) in [7, 11) is 0. The second kappa shape index (κ2) is 6.79. The molecule has 1 aliphatic rings. The highest BCUT2D eigenvalue weighted by Gasteiger charge is 2.20. The van der Waals surface area contributed by atoms with E-state index >= 15 is 0 Å². The number of hydrogen-bond acceptors (Lipinski definition) is 2. The minimum absolute atomic E-state index is 0.545. The molecular weight excluding hydrogens is 258 g/mol. The van der Waals surface area contributed by atoms with Crippen LogP contribution in [0.3, 0.4) is 0 Å². The van der Waals surface area contributed by atoms with Crippen LogP contribution < -0.4 is 5.32 Å². The summed E-state index contributed by atoms with van der Waals surface area (Å²) in [5.41, 5.74) is 2.56. The molecule has 1 aromatic heterocycles. The topological polar surface area (TPSA) is 29.9 Å². The molecule has 1 saturated carbocycles. The van der Waals surface area contributed by atoms with Gasteiger partial charge in [0.1, 0.15) is 0 Å². The lowest BCUT2D eigenvalue weighted by Gasteiger charge is -2.29. The zero-order valence-electron chi connectivity index (χ0n) is 12.8. The first-order valence-corrected chi connectivity index (χ1v) is 8.15. The van der Waals surface area contributed by atoms with E-state index in [1.807, 2.05) is 23.1 Å². The van der Waals surface area contributed by atoms with E-state index in [4.69, 9.17) is 0 Å². The predicted molar refractivity (Wildman–Crippen MR) is 87.4 cm³/mol. The average Bonchev–Trinajstić information content (AvgIpc) is 3.03. The summed E-state index contributed by atoms with van der Waals surface area (Å²) in [5, 5.41) is 8.06. The SMILES string of the molecule is CC(Nc1ccccc1Cn1cccn1)C1CCCCC1. The summed E-state index contributed by atoms with van der Waals surface area (Å²) in [5.74, 6) is 0.816. The molecule has 0 aliphatic heterocycles. The Labute approximate surface area is 127 Å². The van der Waals surface area contributed by atoms with Crippen molar-refractivity contribution in [1.29, 1.82) is 0 Å². The van der Waals surface area contributed by atoms with Gasteiger partial charge < -0.3 is 5.32 Å². The molecule has 1 fully saturated rings. The smallest absolute Gasteiger partial charge is 0.0679 e. The standard InChI is InChI=1S/C18H25N3/c1-15(16-8-3-2-4-9-16)20-18-11-6-5-10-17(18)14-21-13-7-12-19-21/h5-7,10-13,15-16,20H,2-4,8-9,14H2,1H3. The van der Waals surface area contributed by atoms with Crippen molar-refractivity contribution >= 4 is 5.69 Å². The predicted octanol–water partition coefficient (Wildman–Crippen LogP) is 4.31. The lowest BCUT2D eigenvalue weighted by Crippen LogP contribution is -2.28. The van der Waals surface area contributed by atoms with Gasteiger partial charge >= 0.3 is 0 Å². The van der Waals surface area contributed by atoms with Crippen molar-refractivity contribution in [2.24, 2.45) is 5.92 Å². The number of anilines is 1. The summed E-state index contributed by atoms with van der Waals surface area (Å²) in [6.45, 7) is 3.16. The number of aromatic nitrogens is 2. The van der Waals surface area contributed by atoms with Gasteiger partial charge in [-0.05, 0) is 43.4 Å². The van der Waals surface area contributed by atoms with Crippen LogP contribution in [0.4, 0.5) is 5.69 Å². The summed E-state index contributed by atoms with van der Waals surface area (Å²) in [4.78, 5) is 0. The van der Waals surface area contributed by atoms with E-state index in [2.05, 4.69) is 41.6 Å². The Kier molecular flexibility index (Phi) is 4.59. The summed E-state index contributed by atoms with van der Waals surface area (Å²) in [6.07, 6.45) is 10.8. The van der Waals surface area contributed by atoms with Gasteiger partial charge in [0.15, 0.2) is 0 Å². The number of para-hydroxylation sites is 1. The van der Waals surface area contributed by atoms with Crippen LogP contribution in [-0.2, 0) is 6.54 Å². The molecule has 1 aliphatic carbocycles. The van der Waals surface area contributed by atoms with Gasteiger partial charge in [0.2, 0.25) is 0 Å². The van der Waals surface area contributed by atoms with Crippen molar-refractivity contribution in [3.8, 4) is 0 Å². The van der Waals surface area contributed by atoms with Gasteiger partial charge in [-0.25, -0.2) is 0 Å². The van der Waals surface area contributed by atoms with Crippen LogP contribution in [0.5, 0.6) is 0 Å². The monoisotopic (exact) mass is 283 g/mol. The number of hydrogen-bond donors (Lipinski definition) is 1. The van der Waals surface area contributed by atoms with E-state index in [1.54, 1.807) is 0 Å². The van der Waals surface area contributed by atoms with Gasteiger partial charge in [0, 0.05) is 24.1 Å². The zero-order valence-corrected chi connectivity index (χ0v) is 12.8. The number of nitrogens with zero attached hydrogens (tertiary/aromatic N) is 2. The Balaban J connectivity index is 1.69. The molecule has 0 amide bonds. The van der Waals surface area contributed by atoms with E-state index in [0.717, 1.165) is 12.5 Å². The Hall–Kier alpha value is -1.77. The van der Waals surface area contributed by atoms with Crippen LogP contribution in [-0.4, -0.2) is 15.8 Å². The maximum atomic E-state index is 4.31. The molecule has 1 aromatic carbocycles. The van der Waals surface area contributed by atoms with Crippen LogP contribution in [0.2, 0.25) is 0 Å². The fourth-order valence-electron chi connectivity index (χ4n) is 3.36. The third-order valence-electron chi connectivity index (χ3n) is 4.65. The Morgan fingerprint density at radius 3 is 2.76 bits per heavy atom. The highest BCUT2D eigenvalue weighted by Crippen LogP contribution is 2.29. The Morgan fingerprint density at radius 1 is 1.19 bits per heavy atom. The minimum atomic E-state index is 0.545. The molecule has 21 heavy (non-hydrogen) atoms. The first-order valence-electron chi connectivity index (χ1n) is 8.15. The van der Waals surface area contributed by atoms with Crippen LogP contribution in [0.1, 0.15) is 44.6 Å². The van der Waals surface area contributed by atoms with Gasteiger partial charge in [-0.2, -0.15) is 5.10 Å². The number of nitrogens with one attached hydrogen (secondary N) is 1. The van der Waals surface area contributed by atoms with Gasteiger partial charge in [0.05, 0.1) is 6.54 Å². The van der Waals surface area contributed by atoms with Crippen LogP contribution in [0.25, 0.3) is 0 Å². The lowest BCUT2D eigenvalue weighted by atomic mass is 9.84. The molecule has 0 bridgehead atoms. The molecule has 1 heterocycles. The average molecular weight is 283 g/mol. The highest BCUT2D eigenvalue weighted by atomic mass is 15.3. The molecule has 1 atom stereocenters. The summed E-state index contributed by atoms with van der Waals surface area (Å²) >= 11 is 0. The first-order chi connectivity index (χ1) is 10.3. The van der Waals surface area contributed by atoms with Gasteiger partial charge in [-0.15, -0.1) is 0 Å². The molecule has 0 saturated heterocycles. The number of benzene rings is 1. The summed E-state index contributed by atoms with van der Waals surface area (Å²) in [6, 6.07) is 11.1. The third kappa shape index (κ3) is 3.66. The van der Waals surface area contributed by atoms with Gasteiger partial charge in [0.25, 0.3) is 0 Å². The molecule has 3 rings (SSSR count). The van der Waals surface area contributed by atoms with E-state index < -0.39 is 0 Å². The molecule has 2 aromatic rings. The normalized spacial score (nSPS) is 17.6.